The molecular formula is C21H23N3O2S2. The minimum atomic E-state index is 0.104. The molecule has 0 atom stereocenters. The normalized spacial score (nSPS) is 14.2. The van der Waals surface area contributed by atoms with Gasteiger partial charge in [0, 0.05) is 23.5 Å². The first-order valence-corrected chi connectivity index (χ1v) is 11.2. The van der Waals surface area contributed by atoms with Crippen LogP contribution in [0, 0.1) is 0 Å². The van der Waals surface area contributed by atoms with Crippen LogP contribution >= 0.6 is 23.1 Å². The Morgan fingerprint density at radius 3 is 2.75 bits per heavy atom. The van der Waals surface area contributed by atoms with E-state index >= 15 is 0 Å². The van der Waals surface area contributed by atoms with E-state index in [0.29, 0.717) is 23.4 Å². The summed E-state index contributed by atoms with van der Waals surface area (Å²) in [6.07, 6.45) is 0.943. The maximum Gasteiger partial charge on any atom is 0.277 e. The lowest BCUT2D eigenvalue weighted by atomic mass is 9.87. The average molecular weight is 414 g/mol. The fraction of sp³-hybridized carbons (Fsp3) is 0.381. The number of carbonyl (C=O) groups is 1. The zero-order chi connectivity index (χ0) is 19.7. The Hall–Kier alpha value is -2.12. The quantitative estimate of drug-likeness (QED) is 0.577. The summed E-state index contributed by atoms with van der Waals surface area (Å²) < 4.78 is 5.75. The molecule has 5 nitrogen and oxygen atoms in total. The molecule has 3 aromatic rings. The molecule has 0 saturated heterocycles. The number of hydrogen-bond acceptors (Lipinski definition) is 6. The van der Waals surface area contributed by atoms with Gasteiger partial charge in [-0.2, -0.15) is 0 Å². The van der Waals surface area contributed by atoms with Gasteiger partial charge in [-0.25, -0.2) is 0 Å². The second-order valence-electron chi connectivity index (χ2n) is 7.92. The Morgan fingerprint density at radius 1 is 1.21 bits per heavy atom. The van der Waals surface area contributed by atoms with Crippen molar-refractivity contribution in [3.63, 3.8) is 0 Å². The molecule has 0 unspecified atom stereocenters. The van der Waals surface area contributed by atoms with Crippen molar-refractivity contribution in [1.29, 1.82) is 0 Å². The molecule has 1 aromatic carbocycles. The van der Waals surface area contributed by atoms with Crippen molar-refractivity contribution >= 4 is 29.0 Å². The number of fused-ring (bicyclic) bond motifs is 1. The fourth-order valence-electron chi connectivity index (χ4n) is 3.17. The Labute approximate surface area is 173 Å². The summed E-state index contributed by atoms with van der Waals surface area (Å²) in [6, 6.07) is 10.3. The van der Waals surface area contributed by atoms with E-state index in [2.05, 4.69) is 54.5 Å². The SMILES string of the molecule is CC(C)(C)c1ccc(-c2nnc(SCC(=O)N3CCc4sccc4C3)o2)cc1. The number of nitrogens with zero attached hydrogens (tertiary/aromatic N) is 3. The molecule has 28 heavy (non-hydrogen) atoms. The minimum absolute atomic E-state index is 0.104. The van der Waals surface area contributed by atoms with Gasteiger partial charge in [-0.3, -0.25) is 4.79 Å². The monoisotopic (exact) mass is 413 g/mol. The van der Waals surface area contributed by atoms with E-state index in [1.54, 1.807) is 11.3 Å². The molecule has 0 aliphatic carbocycles. The van der Waals surface area contributed by atoms with E-state index < -0.39 is 0 Å². The fourth-order valence-corrected chi connectivity index (χ4v) is 4.73. The largest absolute Gasteiger partial charge is 0.411 e. The van der Waals surface area contributed by atoms with E-state index in [1.165, 1.54) is 27.8 Å². The van der Waals surface area contributed by atoms with Gasteiger partial charge in [-0.1, -0.05) is 44.7 Å². The summed E-state index contributed by atoms with van der Waals surface area (Å²) in [6.45, 7) is 8.03. The predicted molar refractivity (Wildman–Crippen MR) is 113 cm³/mol. The summed E-state index contributed by atoms with van der Waals surface area (Å²) in [4.78, 5) is 15.8. The third-order valence-corrected chi connectivity index (χ3v) is 6.71. The maximum absolute atomic E-state index is 12.5. The number of carbonyl (C=O) groups excluding carboxylic acids is 1. The molecule has 2 aromatic heterocycles. The molecule has 1 amide bonds. The van der Waals surface area contributed by atoms with Crippen LogP contribution in [0.1, 0.15) is 36.8 Å². The smallest absolute Gasteiger partial charge is 0.277 e. The molecule has 0 radical (unpaired) electrons. The van der Waals surface area contributed by atoms with Crippen LogP contribution in [0.4, 0.5) is 0 Å². The van der Waals surface area contributed by atoms with Crippen molar-refractivity contribution in [2.24, 2.45) is 0 Å². The van der Waals surface area contributed by atoms with E-state index in [4.69, 9.17) is 4.42 Å². The molecule has 4 rings (SSSR count). The Bertz CT molecular complexity index is 970. The highest BCUT2D eigenvalue weighted by Crippen LogP contribution is 2.28. The van der Waals surface area contributed by atoms with Gasteiger partial charge in [0.05, 0.1) is 5.75 Å². The summed E-state index contributed by atoms with van der Waals surface area (Å²) in [5, 5.41) is 10.7. The van der Waals surface area contributed by atoms with Crippen LogP contribution in [-0.4, -0.2) is 33.3 Å². The molecule has 146 valence electrons. The van der Waals surface area contributed by atoms with Gasteiger partial charge in [0.1, 0.15) is 0 Å². The third-order valence-electron chi connectivity index (χ3n) is 4.88. The van der Waals surface area contributed by atoms with Crippen molar-refractivity contribution in [2.75, 3.05) is 12.3 Å². The standard InChI is InChI=1S/C21H23N3O2S2/c1-21(2,3)16-6-4-14(5-7-16)19-22-23-20(26-19)28-13-18(25)24-10-8-17-15(12-24)9-11-27-17/h4-7,9,11H,8,10,12-13H2,1-3H3. The van der Waals surface area contributed by atoms with Gasteiger partial charge in [-0.05, 0) is 46.5 Å². The number of thioether (sulfide) groups is 1. The van der Waals surface area contributed by atoms with Crippen LogP contribution in [0.3, 0.4) is 0 Å². The molecule has 0 bridgehead atoms. The first-order valence-electron chi connectivity index (χ1n) is 9.30. The van der Waals surface area contributed by atoms with Crippen LogP contribution < -0.4 is 0 Å². The zero-order valence-corrected chi connectivity index (χ0v) is 17.9. The molecule has 1 aliphatic rings. The Morgan fingerprint density at radius 2 is 2.00 bits per heavy atom. The molecular weight excluding hydrogens is 390 g/mol. The minimum Gasteiger partial charge on any atom is -0.411 e. The van der Waals surface area contributed by atoms with Crippen molar-refractivity contribution in [1.82, 2.24) is 15.1 Å². The van der Waals surface area contributed by atoms with Crippen molar-refractivity contribution in [3.05, 3.63) is 51.7 Å². The van der Waals surface area contributed by atoms with Crippen LogP contribution in [0.2, 0.25) is 0 Å². The Kier molecular flexibility index (Phi) is 5.29. The van der Waals surface area contributed by atoms with Gasteiger partial charge >= 0.3 is 0 Å². The molecule has 0 spiro atoms. The van der Waals surface area contributed by atoms with Crippen LogP contribution in [0.5, 0.6) is 0 Å². The van der Waals surface area contributed by atoms with Crippen LogP contribution in [0.25, 0.3) is 11.5 Å². The van der Waals surface area contributed by atoms with E-state index in [-0.39, 0.29) is 11.3 Å². The highest BCUT2D eigenvalue weighted by molar-refractivity contribution is 7.99. The van der Waals surface area contributed by atoms with Crippen molar-refractivity contribution < 1.29 is 9.21 Å². The predicted octanol–water partition coefficient (Wildman–Crippen LogP) is 4.77. The second-order valence-corrected chi connectivity index (χ2v) is 9.85. The maximum atomic E-state index is 12.5. The lowest BCUT2D eigenvalue weighted by Crippen LogP contribution is -2.36. The summed E-state index contributed by atoms with van der Waals surface area (Å²) in [5.74, 6) is 0.900. The second kappa shape index (κ2) is 7.72. The summed E-state index contributed by atoms with van der Waals surface area (Å²) in [7, 11) is 0. The lowest BCUT2D eigenvalue weighted by Gasteiger charge is -2.26. The topological polar surface area (TPSA) is 59.2 Å². The highest BCUT2D eigenvalue weighted by atomic mass is 32.2. The van der Waals surface area contributed by atoms with Crippen LogP contribution in [0.15, 0.2) is 45.4 Å². The Balaban J connectivity index is 1.35. The molecule has 1 aliphatic heterocycles. The van der Waals surface area contributed by atoms with E-state index in [0.717, 1.165) is 18.5 Å². The zero-order valence-electron chi connectivity index (χ0n) is 16.3. The number of benzene rings is 1. The first-order chi connectivity index (χ1) is 13.4. The summed E-state index contributed by atoms with van der Waals surface area (Å²) >= 11 is 3.08. The van der Waals surface area contributed by atoms with Gasteiger partial charge in [0.2, 0.25) is 11.8 Å². The van der Waals surface area contributed by atoms with Crippen molar-refractivity contribution in [2.45, 2.75) is 44.4 Å². The van der Waals surface area contributed by atoms with Gasteiger partial charge in [0.15, 0.2) is 0 Å². The number of aromatic nitrogens is 2. The molecule has 0 fully saturated rings. The average Bonchev–Trinajstić information content (AvgIpc) is 3.34. The lowest BCUT2D eigenvalue weighted by molar-refractivity contribution is -0.129. The van der Waals surface area contributed by atoms with Crippen LogP contribution in [-0.2, 0) is 23.2 Å². The molecule has 0 N–H and O–H groups in total. The van der Waals surface area contributed by atoms with Gasteiger partial charge < -0.3 is 9.32 Å². The number of amides is 1. The van der Waals surface area contributed by atoms with Gasteiger partial charge in [0.25, 0.3) is 5.22 Å². The molecule has 7 heteroatoms. The first kappa shape index (κ1) is 19.2. The summed E-state index contributed by atoms with van der Waals surface area (Å²) in [5.41, 5.74) is 3.52. The molecule has 3 heterocycles. The van der Waals surface area contributed by atoms with Gasteiger partial charge in [-0.15, -0.1) is 21.5 Å². The third kappa shape index (κ3) is 4.15. The number of hydrogen-bond donors (Lipinski definition) is 0. The number of thiophene rings is 1. The van der Waals surface area contributed by atoms with E-state index in [1.807, 2.05) is 17.0 Å². The molecule has 0 saturated carbocycles. The van der Waals surface area contributed by atoms with Crippen molar-refractivity contribution in [3.8, 4) is 11.5 Å². The van der Waals surface area contributed by atoms with E-state index in [9.17, 15) is 4.79 Å². The number of rotatable bonds is 4. The highest BCUT2D eigenvalue weighted by Gasteiger charge is 2.22.